The van der Waals surface area contributed by atoms with Crippen molar-refractivity contribution < 1.29 is 9.59 Å². The number of anilines is 1. The molecule has 0 aliphatic carbocycles. The lowest BCUT2D eigenvalue weighted by Gasteiger charge is -2.37. The molecule has 5 heteroatoms. The van der Waals surface area contributed by atoms with Crippen LogP contribution in [-0.2, 0) is 16.0 Å². The van der Waals surface area contributed by atoms with E-state index in [9.17, 15) is 9.59 Å². The minimum atomic E-state index is -0.194. The monoisotopic (exact) mass is 303 g/mol. The second-order valence-corrected chi connectivity index (χ2v) is 5.76. The third kappa shape index (κ3) is 4.07. The summed E-state index contributed by atoms with van der Waals surface area (Å²) in [6, 6.07) is 7.76. The summed E-state index contributed by atoms with van der Waals surface area (Å²) in [5, 5.41) is 2.96. The Morgan fingerprint density at radius 2 is 1.73 bits per heavy atom. The van der Waals surface area contributed by atoms with Gasteiger partial charge in [-0.15, -0.1) is 0 Å². The molecule has 1 N–H and O–H groups in total. The summed E-state index contributed by atoms with van der Waals surface area (Å²) in [4.78, 5) is 27.6. The molecule has 0 bridgehead atoms. The number of benzene rings is 1. The molecule has 0 saturated carbocycles. The summed E-state index contributed by atoms with van der Waals surface area (Å²) in [5.41, 5.74) is 2.09. The molecule has 22 heavy (non-hydrogen) atoms. The summed E-state index contributed by atoms with van der Waals surface area (Å²) >= 11 is 0. The largest absolute Gasteiger partial charge is 0.340 e. The number of carbonyl (C=O) groups is 2. The molecule has 1 aliphatic heterocycles. The lowest BCUT2D eigenvalue weighted by molar-refractivity contribution is -0.131. The summed E-state index contributed by atoms with van der Waals surface area (Å²) < 4.78 is 0. The normalized spacial score (nSPS) is 17.1. The molecule has 0 radical (unpaired) electrons. The molecule has 1 atom stereocenters. The Morgan fingerprint density at radius 1 is 1.14 bits per heavy atom. The molecular weight excluding hydrogens is 278 g/mol. The quantitative estimate of drug-likeness (QED) is 0.922. The fraction of sp³-hybridized carbons (Fsp3) is 0.529. The predicted molar refractivity (Wildman–Crippen MR) is 87.7 cm³/mol. The maximum atomic E-state index is 12.3. The average Bonchev–Trinajstić information content (AvgIpc) is 2.55. The van der Waals surface area contributed by atoms with Crippen molar-refractivity contribution in [1.29, 1.82) is 0 Å². The number of nitrogens with zero attached hydrogens (tertiary/aromatic N) is 2. The zero-order valence-electron chi connectivity index (χ0n) is 13.6. The van der Waals surface area contributed by atoms with Gasteiger partial charge < -0.3 is 10.2 Å². The summed E-state index contributed by atoms with van der Waals surface area (Å²) in [6.07, 6.45) is 0.991. The van der Waals surface area contributed by atoms with Crippen LogP contribution < -0.4 is 5.32 Å². The van der Waals surface area contributed by atoms with Crippen molar-refractivity contribution in [2.45, 2.75) is 33.2 Å². The molecule has 1 aromatic rings. The third-order valence-electron chi connectivity index (χ3n) is 4.32. The molecule has 2 amide bonds. The fourth-order valence-electron chi connectivity index (χ4n) is 2.66. The van der Waals surface area contributed by atoms with E-state index in [4.69, 9.17) is 0 Å². The molecule has 0 spiro atoms. The molecule has 5 nitrogen and oxygen atoms in total. The van der Waals surface area contributed by atoms with Crippen molar-refractivity contribution >= 4 is 17.5 Å². The minimum absolute atomic E-state index is 0.000485. The highest BCUT2D eigenvalue weighted by molar-refractivity contribution is 5.94. The number of aryl methyl sites for hydroxylation is 1. The molecule has 1 fully saturated rings. The number of carbonyl (C=O) groups excluding carboxylic acids is 2. The number of amides is 2. The van der Waals surface area contributed by atoms with Crippen molar-refractivity contribution in [1.82, 2.24) is 9.80 Å². The molecule has 2 rings (SSSR count). The maximum Gasteiger partial charge on any atom is 0.241 e. The number of hydrogen-bond donors (Lipinski definition) is 1. The highest BCUT2D eigenvalue weighted by Gasteiger charge is 2.26. The lowest BCUT2D eigenvalue weighted by Crippen LogP contribution is -2.53. The summed E-state index contributed by atoms with van der Waals surface area (Å²) in [5.74, 6) is 0.105. The Hall–Kier alpha value is -1.88. The number of piperazine rings is 1. The molecule has 0 unspecified atom stereocenters. The molecule has 120 valence electrons. The lowest BCUT2D eigenvalue weighted by atomic mass is 10.1. The van der Waals surface area contributed by atoms with E-state index in [2.05, 4.69) is 17.1 Å². The molecule has 1 aliphatic rings. The third-order valence-corrected chi connectivity index (χ3v) is 4.32. The van der Waals surface area contributed by atoms with Crippen LogP contribution >= 0.6 is 0 Å². The Labute approximate surface area is 132 Å². The van der Waals surface area contributed by atoms with Crippen molar-refractivity contribution in [2.24, 2.45) is 0 Å². The van der Waals surface area contributed by atoms with Crippen LogP contribution in [0.15, 0.2) is 24.3 Å². The van der Waals surface area contributed by atoms with Gasteiger partial charge in [0.1, 0.15) is 0 Å². The zero-order chi connectivity index (χ0) is 16.1. The molecule has 0 aromatic heterocycles. The molecular formula is C17H25N3O2. The number of rotatable bonds is 4. The molecule has 1 heterocycles. The fourth-order valence-corrected chi connectivity index (χ4v) is 2.66. The van der Waals surface area contributed by atoms with Crippen molar-refractivity contribution in [3.05, 3.63) is 29.8 Å². The Kier molecular flexibility index (Phi) is 5.55. The van der Waals surface area contributed by atoms with Gasteiger partial charge in [0.25, 0.3) is 0 Å². The Bertz CT molecular complexity index is 519. The van der Waals surface area contributed by atoms with Crippen LogP contribution in [0.2, 0.25) is 0 Å². The van der Waals surface area contributed by atoms with Gasteiger partial charge in [-0.3, -0.25) is 14.5 Å². The second-order valence-electron chi connectivity index (χ2n) is 5.76. The van der Waals surface area contributed by atoms with Gasteiger partial charge in [0.05, 0.1) is 6.04 Å². The number of hydrogen-bond acceptors (Lipinski definition) is 3. The van der Waals surface area contributed by atoms with Crippen molar-refractivity contribution in [2.75, 3.05) is 31.5 Å². The van der Waals surface area contributed by atoms with E-state index in [-0.39, 0.29) is 17.9 Å². The van der Waals surface area contributed by atoms with E-state index >= 15 is 0 Å². The summed E-state index contributed by atoms with van der Waals surface area (Å²) in [7, 11) is 0. The van der Waals surface area contributed by atoms with Crippen LogP contribution in [0.1, 0.15) is 26.3 Å². The van der Waals surface area contributed by atoms with E-state index in [1.165, 1.54) is 5.56 Å². The topological polar surface area (TPSA) is 52.7 Å². The van der Waals surface area contributed by atoms with Gasteiger partial charge in [0.2, 0.25) is 11.8 Å². The predicted octanol–water partition coefficient (Wildman–Crippen LogP) is 1.74. The summed E-state index contributed by atoms with van der Waals surface area (Å²) in [6.45, 7) is 8.48. The van der Waals surface area contributed by atoms with Crippen LogP contribution in [0.4, 0.5) is 5.69 Å². The van der Waals surface area contributed by atoms with E-state index in [0.717, 1.165) is 25.2 Å². The highest BCUT2D eigenvalue weighted by atomic mass is 16.2. The van der Waals surface area contributed by atoms with Gasteiger partial charge >= 0.3 is 0 Å². The Morgan fingerprint density at radius 3 is 2.23 bits per heavy atom. The second kappa shape index (κ2) is 7.40. The molecule has 1 saturated heterocycles. The van der Waals surface area contributed by atoms with E-state index in [1.807, 2.05) is 36.1 Å². The van der Waals surface area contributed by atoms with Crippen molar-refractivity contribution in [3.63, 3.8) is 0 Å². The average molecular weight is 303 g/mol. The van der Waals surface area contributed by atoms with Crippen LogP contribution in [0.25, 0.3) is 0 Å². The zero-order valence-corrected chi connectivity index (χ0v) is 13.6. The maximum absolute atomic E-state index is 12.3. The first kappa shape index (κ1) is 16.5. The first-order chi connectivity index (χ1) is 10.5. The van der Waals surface area contributed by atoms with Gasteiger partial charge in [-0.25, -0.2) is 0 Å². The van der Waals surface area contributed by atoms with E-state index in [1.54, 1.807) is 6.92 Å². The van der Waals surface area contributed by atoms with Gasteiger partial charge in [-0.05, 0) is 31.0 Å². The van der Waals surface area contributed by atoms with Gasteiger partial charge in [-0.1, -0.05) is 19.1 Å². The molecule has 1 aromatic carbocycles. The smallest absolute Gasteiger partial charge is 0.241 e. The van der Waals surface area contributed by atoms with E-state index in [0.29, 0.717) is 13.1 Å². The Balaban J connectivity index is 1.88. The number of nitrogens with one attached hydrogen (secondary N) is 1. The van der Waals surface area contributed by atoms with Crippen LogP contribution in [0.5, 0.6) is 0 Å². The first-order valence-electron chi connectivity index (χ1n) is 7.90. The van der Waals surface area contributed by atoms with E-state index < -0.39 is 0 Å². The van der Waals surface area contributed by atoms with Crippen LogP contribution in [0.3, 0.4) is 0 Å². The SMILES string of the molecule is CCc1ccc(NC(=O)[C@H](C)N2CCN(C(C)=O)CC2)cc1. The minimum Gasteiger partial charge on any atom is -0.340 e. The van der Waals surface area contributed by atoms with Crippen molar-refractivity contribution in [3.8, 4) is 0 Å². The van der Waals surface area contributed by atoms with Gasteiger partial charge in [-0.2, -0.15) is 0 Å². The van der Waals surface area contributed by atoms with Crippen LogP contribution in [-0.4, -0.2) is 53.8 Å². The standard InChI is InChI=1S/C17H25N3O2/c1-4-15-5-7-16(8-6-15)18-17(22)13(2)19-9-11-20(12-10-19)14(3)21/h5-8,13H,4,9-12H2,1-3H3,(H,18,22)/t13-/m0/s1. The van der Waals surface area contributed by atoms with Crippen LogP contribution in [0, 0.1) is 0 Å². The first-order valence-corrected chi connectivity index (χ1v) is 7.90. The van der Waals surface area contributed by atoms with Gasteiger partial charge in [0.15, 0.2) is 0 Å². The van der Waals surface area contributed by atoms with Gasteiger partial charge in [0, 0.05) is 38.8 Å². The highest BCUT2D eigenvalue weighted by Crippen LogP contribution is 2.12.